The summed E-state index contributed by atoms with van der Waals surface area (Å²) in [6.07, 6.45) is 0. The molecule has 21 heavy (non-hydrogen) atoms. The highest BCUT2D eigenvalue weighted by Gasteiger charge is 2.37. The number of rotatable bonds is 4. The van der Waals surface area contributed by atoms with E-state index in [-0.39, 0.29) is 23.4 Å². The number of hydrogen-bond donors (Lipinski definition) is 3. The fourth-order valence-corrected chi connectivity index (χ4v) is 3.44. The molecule has 0 spiro atoms. The Balaban J connectivity index is 2.49. The van der Waals surface area contributed by atoms with Crippen LogP contribution in [0.25, 0.3) is 0 Å². The van der Waals surface area contributed by atoms with Crippen LogP contribution < -0.4 is 5.32 Å². The zero-order valence-corrected chi connectivity index (χ0v) is 13.9. The third kappa shape index (κ3) is 3.63. The second-order valence-electron chi connectivity index (χ2n) is 6.16. The lowest BCUT2D eigenvalue weighted by molar-refractivity contribution is 0.0293. The topological polar surface area (TPSA) is 55.7 Å². The van der Waals surface area contributed by atoms with Gasteiger partial charge in [0.15, 0.2) is 0 Å². The highest BCUT2D eigenvalue weighted by molar-refractivity contribution is 6.35. The molecule has 0 aromatic heterocycles. The van der Waals surface area contributed by atoms with Gasteiger partial charge in [-0.2, -0.15) is 0 Å². The van der Waals surface area contributed by atoms with E-state index >= 15 is 0 Å². The first-order chi connectivity index (χ1) is 9.86. The molecule has 1 saturated heterocycles. The number of phenolic OH excluding ortho intramolecular Hbond substituents is 1. The van der Waals surface area contributed by atoms with Crippen molar-refractivity contribution in [3.8, 4) is 5.75 Å². The number of aliphatic hydroxyl groups is 1. The quantitative estimate of drug-likeness (QED) is 0.793. The van der Waals surface area contributed by atoms with Gasteiger partial charge in [-0.15, -0.1) is 0 Å². The van der Waals surface area contributed by atoms with Crippen LogP contribution in [0.15, 0.2) is 12.1 Å². The summed E-state index contributed by atoms with van der Waals surface area (Å²) >= 11 is 12.2. The third-order valence-corrected chi connectivity index (χ3v) is 4.52. The van der Waals surface area contributed by atoms with Gasteiger partial charge in [0, 0.05) is 54.8 Å². The summed E-state index contributed by atoms with van der Waals surface area (Å²) in [5.41, 5.74) is 0.247. The maximum atomic E-state index is 10.4. The molecular weight excluding hydrogens is 311 g/mol. The first-order valence-electron chi connectivity index (χ1n) is 7.10. The molecule has 6 heteroatoms. The lowest BCUT2D eigenvalue weighted by Gasteiger charge is -2.43. The molecule has 0 saturated carbocycles. The molecule has 3 N–H and O–H groups in total. The van der Waals surface area contributed by atoms with Crippen LogP contribution in [-0.4, -0.2) is 47.9 Å². The number of halogens is 2. The molecule has 0 amide bonds. The molecule has 1 atom stereocenters. The Kier molecular flexibility index (Phi) is 5.38. The maximum Gasteiger partial charge on any atom is 0.139 e. The maximum absolute atomic E-state index is 10.4. The van der Waals surface area contributed by atoms with Crippen molar-refractivity contribution < 1.29 is 10.2 Å². The van der Waals surface area contributed by atoms with Gasteiger partial charge in [-0.25, -0.2) is 0 Å². The van der Waals surface area contributed by atoms with E-state index in [0.29, 0.717) is 10.6 Å². The van der Waals surface area contributed by atoms with E-state index in [2.05, 4.69) is 10.2 Å². The van der Waals surface area contributed by atoms with Crippen molar-refractivity contribution in [1.82, 2.24) is 10.2 Å². The number of aliphatic hydroxyl groups excluding tert-OH is 1. The van der Waals surface area contributed by atoms with Crippen LogP contribution in [-0.2, 0) is 0 Å². The van der Waals surface area contributed by atoms with Gasteiger partial charge in [0.25, 0.3) is 0 Å². The summed E-state index contributed by atoms with van der Waals surface area (Å²) in [5.74, 6) is 0.0473. The Morgan fingerprint density at radius 1 is 1.29 bits per heavy atom. The van der Waals surface area contributed by atoms with E-state index in [9.17, 15) is 10.2 Å². The Bertz CT molecular complexity index is 503. The second-order valence-corrected chi connectivity index (χ2v) is 7.00. The zero-order chi connectivity index (χ0) is 15.6. The van der Waals surface area contributed by atoms with Gasteiger partial charge in [-0.1, -0.05) is 37.0 Å². The predicted octanol–water partition coefficient (Wildman–Crippen LogP) is 2.66. The Hall–Kier alpha value is -0.520. The molecule has 2 rings (SSSR count). The van der Waals surface area contributed by atoms with Crippen LogP contribution in [0.3, 0.4) is 0 Å². The molecule has 1 aliphatic rings. The predicted molar refractivity (Wildman–Crippen MR) is 86.2 cm³/mol. The highest BCUT2D eigenvalue weighted by Crippen LogP contribution is 2.45. The minimum atomic E-state index is -0.428. The van der Waals surface area contributed by atoms with Crippen molar-refractivity contribution in [3.05, 3.63) is 27.7 Å². The van der Waals surface area contributed by atoms with Gasteiger partial charge < -0.3 is 15.5 Å². The van der Waals surface area contributed by atoms with E-state index in [1.165, 1.54) is 6.07 Å². The Labute approximate surface area is 135 Å². The molecule has 1 aromatic carbocycles. The molecule has 1 heterocycles. The first-order valence-corrected chi connectivity index (χ1v) is 7.86. The molecule has 0 bridgehead atoms. The van der Waals surface area contributed by atoms with Crippen LogP contribution in [0.1, 0.15) is 25.5 Å². The number of piperazine rings is 1. The Morgan fingerprint density at radius 3 is 2.48 bits per heavy atom. The fourth-order valence-electron chi connectivity index (χ4n) is 2.93. The monoisotopic (exact) mass is 332 g/mol. The minimum absolute atomic E-state index is 0.00513. The van der Waals surface area contributed by atoms with Gasteiger partial charge >= 0.3 is 0 Å². The van der Waals surface area contributed by atoms with E-state index in [1.54, 1.807) is 6.07 Å². The average Bonchev–Trinajstić information content (AvgIpc) is 2.45. The van der Waals surface area contributed by atoms with Gasteiger partial charge in [-0.3, -0.25) is 4.90 Å². The van der Waals surface area contributed by atoms with Crippen molar-refractivity contribution in [2.45, 2.75) is 19.9 Å². The zero-order valence-electron chi connectivity index (χ0n) is 12.4. The molecule has 118 valence electrons. The van der Waals surface area contributed by atoms with Crippen molar-refractivity contribution in [1.29, 1.82) is 0 Å². The van der Waals surface area contributed by atoms with Crippen LogP contribution in [0, 0.1) is 5.41 Å². The molecular formula is C15H22Cl2N2O2. The second kappa shape index (κ2) is 6.71. The summed E-state index contributed by atoms with van der Waals surface area (Å²) in [4.78, 5) is 2.26. The standard InChI is InChI=1S/C15H22Cl2N2O2/c1-15(2,9-20)14(19-5-3-18-4-6-19)11-7-10(16)8-12(17)13(11)21/h7-8,14,18,20-21H,3-6,9H2,1-2H3/t14-/m0/s1. The van der Waals surface area contributed by atoms with E-state index in [0.717, 1.165) is 26.2 Å². The normalized spacial score (nSPS) is 18.7. The Morgan fingerprint density at radius 2 is 1.90 bits per heavy atom. The summed E-state index contributed by atoms with van der Waals surface area (Å²) in [6.45, 7) is 7.42. The molecule has 1 aromatic rings. The number of nitrogens with one attached hydrogen (secondary N) is 1. The lowest BCUT2D eigenvalue weighted by Crippen LogP contribution is -2.49. The smallest absolute Gasteiger partial charge is 0.139 e. The van der Waals surface area contributed by atoms with E-state index in [4.69, 9.17) is 23.2 Å². The number of phenols is 1. The van der Waals surface area contributed by atoms with E-state index < -0.39 is 5.41 Å². The molecule has 0 radical (unpaired) electrons. The van der Waals surface area contributed by atoms with E-state index in [1.807, 2.05) is 13.8 Å². The van der Waals surface area contributed by atoms with Crippen LogP contribution >= 0.6 is 23.2 Å². The largest absolute Gasteiger partial charge is 0.506 e. The molecule has 1 fully saturated rings. The molecule has 4 nitrogen and oxygen atoms in total. The summed E-state index contributed by atoms with van der Waals surface area (Å²) in [7, 11) is 0. The van der Waals surface area contributed by atoms with Gasteiger partial charge in [0.2, 0.25) is 0 Å². The van der Waals surface area contributed by atoms with Gasteiger partial charge in [0.1, 0.15) is 5.75 Å². The first kappa shape index (κ1) is 16.8. The number of nitrogens with zero attached hydrogens (tertiary/aromatic N) is 1. The highest BCUT2D eigenvalue weighted by atomic mass is 35.5. The van der Waals surface area contributed by atoms with Crippen molar-refractivity contribution >= 4 is 23.2 Å². The van der Waals surface area contributed by atoms with Crippen molar-refractivity contribution in [2.24, 2.45) is 5.41 Å². The van der Waals surface area contributed by atoms with Crippen LogP contribution in [0.5, 0.6) is 5.75 Å². The lowest BCUT2D eigenvalue weighted by atomic mass is 9.79. The summed E-state index contributed by atoms with van der Waals surface area (Å²) in [6, 6.07) is 3.12. The third-order valence-electron chi connectivity index (χ3n) is 4.02. The molecule has 0 aliphatic carbocycles. The van der Waals surface area contributed by atoms with Crippen LogP contribution in [0.4, 0.5) is 0 Å². The van der Waals surface area contributed by atoms with Crippen molar-refractivity contribution in [2.75, 3.05) is 32.8 Å². The summed E-state index contributed by atoms with van der Waals surface area (Å²) < 4.78 is 0. The van der Waals surface area contributed by atoms with Crippen molar-refractivity contribution in [3.63, 3.8) is 0 Å². The van der Waals surface area contributed by atoms with Gasteiger partial charge in [0.05, 0.1) is 5.02 Å². The fraction of sp³-hybridized carbons (Fsp3) is 0.600. The molecule has 0 unspecified atom stereocenters. The molecule has 1 aliphatic heterocycles. The SMILES string of the molecule is CC(C)(CO)[C@H](c1cc(Cl)cc(Cl)c1O)N1CCNCC1. The van der Waals surface area contributed by atoms with Gasteiger partial charge in [-0.05, 0) is 12.1 Å². The summed E-state index contributed by atoms with van der Waals surface area (Å²) in [5, 5.41) is 24.2. The average molecular weight is 333 g/mol. The number of aromatic hydroxyl groups is 1. The number of benzene rings is 1. The number of hydrogen-bond acceptors (Lipinski definition) is 4. The minimum Gasteiger partial charge on any atom is -0.506 e. The van der Waals surface area contributed by atoms with Crippen LogP contribution in [0.2, 0.25) is 10.0 Å².